The van der Waals surface area contributed by atoms with E-state index in [4.69, 9.17) is 16.3 Å². The molecule has 1 N–H and O–H groups in total. The second kappa shape index (κ2) is 7.31. The molecule has 1 saturated heterocycles. The molecule has 5 nitrogen and oxygen atoms in total. The van der Waals surface area contributed by atoms with Crippen LogP contribution in [0.3, 0.4) is 0 Å². The summed E-state index contributed by atoms with van der Waals surface area (Å²) in [6.45, 7) is 3.27. The quantitative estimate of drug-likeness (QED) is 0.934. The lowest BCUT2D eigenvalue weighted by Gasteiger charge is -2.33. The van der Waals surface area contributed by atoms with Gasteiger partial charge in [-0.25, -0.2) is 4.79 Å². The number of carbonyl (C=O) groups is 2. The lowest BCUT2D eigenvalue weighted by atomic mass is 10.0. The number of alkyl carbamates (subject to hydrolysis) is 1. The van der Waals surface area contributed by atoms with E-state index in [0.717, 1.165) is 12.8 Å². The standard InChI is InChI=1S/C15H19ClN2O3/c1-2-21-15(20)17-13-7-4-8-18(10-13)14(19)11-5-3-6-12(16)9-11/h3,5-6,9,13H,2,4,7-8,10H2,1H3,(H,17,20)/t13-/m1/s1. The van der Waals surface area contributed by atoms with E-state index in [2.05, 4.69) is 5.32 Å². The topological polar surface area (TPSA) is 58.6 Å². The highest BCUT2D eigenvalue weighted by Gasteiger charge is 2.25. The molecule has 1 atom stereocenters. The molecule has 1 fully saturated rings. The van der Waals surface area contributed by atoms with Crippen molar-refractivity contribution in [2.24, 2.45) is 0 Å². The highest BCUT2D eigenvalue weighted by molar-refractivity contribution is 6.30. The normalized spacial score (nSPS) is 18.2. The van der Waals surface area contributed by atoms with Gasteiger partial charge in [-0.05, 0) is 38.0 Å². The number of likely N-dealkylation sites (tertiary alicyclic amines) is 1. The summed E-state index contributed by atoms with van der Waals surface area (Å²) in [4.78, 5) is 25.6. The molecule has 1 aliphatic heterocycles. The van der Waals surface area contributed by atoms with Gasteiger partial charge in [-0.1, -0.05) is 17.7 Å². The Morgan fingerprint density at radius 3 is 3.00 bits per heavy atom. The minimum atomic E-state index is -0.431. The van der Waals surface area contributed by atoms with E-state index >= 15 is 0 Å². The number of hydrogen-bond donors (Lipinski definition) is 1. The van der Waals surface area contributed by atoms with Gasteiger partial charge in [0.15, 0.2) is 0 Å². The van der Waals surface area contributed by atoms with E-state index < -0.39 is 6.09 Å². The number of carbonyl (C=O) groups excluding carboxylic acids is 2. The highest BCUT2D eigenvalue weighted by atomic mass is 35.5. The number of nitrogens with zero attached hydrogens (tertiary/aromatic N) is 1. The van der Waals surface area contributed by atoms with Crippen molar-refractivity contribution in [1.29, 1.82) is 0 Å². The molecule has 0 saturated carbocycles. The van der Waals surface area contributed by atoms with Gasteiger partial charge in [-0.2, -0.15) is 0 Å². The maximum Gasteiger partial charge on any atom is 0.407 e. The molecular formula is C15H19ClN2O3. The maximum absolute atomic E-state index is 12.4. The average molecular weight is 311 g/mol. The van der Waals surface area contributed by atoms with Gasteiger partial charge in [0.1, 0.15) is 0 Å². The monoisotopic (exact) mass is 310 g/mol. The number of ether oxygens (including phenoxy) is 1. The Balaban J connectivity index is 1.97. The lowest BCUT2D eigenvalue weighted by Crippen LogP contribution is -2.49. The van der Waals surface area contributed by atoms with Crippen LogP contribution < -0.4 is 5.32 Å². The van der Waals surface area contributed by atoms with Crippen molar-refractivity contribution in [1.82, 2.24) is 10.2 Å². The third-order valence-electron chi connectivity index (χ3n) is 3.38. The molecule has 1 aliphatic rings. The zero-order chi connectivity index (χ0) is 15.2. The molecule has 0 spiro atoms. The van der Waals surface area contributed by atoms with Crippen LogP contribution in [0.4, 0.5) is 4.79 Å². The summed E-state index contributed by atoms with van der Waals surface area (Å²) in [5, 5.41) is 3.33. The van der Waals surface area contributed by atoms with Crippen molar-refractivity contribution in [2.45, 2.75) is 25.8 Å². The lowest BCUT2D eigenvalue weighted by molar-refractivity contribution is 0.0686. The number of hydrogen-bond acceptors (Lipinski definition) is 3. The first-order chi connectivity index (χ1) is 10.1. The van der Waals surface area contributed by atoms with Crippen molar-refractivity contribution in [2.75, 3.05) is 19.7 Å². The van der Waals surface area contributed by atoms with E-state index in [1.165, 1.54) is 0 Å². The predicted octanol–water partition coefficient (Wildman–Crippen LogP) is 2.69. The summed E-state index contributed by atoms with van der Waals surface area (Å²) < 4.78 is 4.87. The van der Waals surface area contributed by atoms with Crippen molar-refractivity contribution >= 4 is 23.6 Å². The zero-order valence-electron chi connectivity index (χ0n) is 12.0. The first-order valence-corrected chi connectivity index (χ1v) is 7.46. The van der Waals surface area contributed by atoms with E-state index in [9.17, 15) is 9.59 Å². The van der Waals surface area contributed by atoms with Crippen LogP contribution in [0.1, 0.15) is 30.1 Å². The van der Waals surface area contributed by atoms with Crippen LogP contribution >= 0.6 is 11.6 Å². The molecule has 0 unspecified atom stereocenters. The molecule has 2 rings (SSSR count). The Morgan fingerprint density at radius 2 is 2.29 bits per heavy atom. The van der Waals surface area contributed by atoms with Gasteiger partial charge < -0.3 is 15.0 Å². The molecular weight excluding hydrogens is 292 g/mol. The molecule has 0 aromatic heterocycles. The van der Waals surface area contributed by atoms with Crippen LogP contribution in [-0.2, 0) is 4.74 Å². The third-order valence-corrected chi connectivity index (χ3v) is 3.61. The Morgan fingerprint density at radius 1 is 1.48 bits per heavy atom. The summed E-state index contributed by atoms with van der Waals surface area (Å²) >= 11 is 5.92. The van der Waals surface area contributed by atoms with Crippen LogP contribution in [0.25, 0.3) is 0 Å². The minimum absolute atomic E-state index is 0.0622. The van der Waals surface area contributed by atoms with Crippen molar-refractivity contribution in [3.8, 4) is 0 Å². The number of halogens is 1. The van der Waals surface area contributed by atoms with Crippen molar-refractivity contribution in [3.05, 3.63) is 34.9 Å². The van der Waals surface area contributed by atoms with Gasteiger partial charge >= 0.3 is 6.09 Å². The number of benzene rings is 1. The fourth-order valence-corrected chi connectivity index (χ4v) is 2.61. The van der Waals surface area contributed by atoms with Gasteiger partial charge in [0.05, 0.1) is 6.61 Å². The molecule has 2 amide bonds. The summed E-state index contributed by atoms with van der Waals surface area (Å²) in [5.74, 6) is -0.0622. The van der Waals surface area contributed by atoms with E-state index in [1.807, 2.05) is 0 Å². The molecule has 0 bridgehead atoms. The molecule has 1 aromatic carbocycles. The largest absolute Gasteiger partial charge is 0.450 e. The zero-order valence-corrected chi connectivity index (χ0v) is 12.7. The van der Waals surface area contributed by atoms with E-state index in [0.29, 0.717) is 30.3 Å². The summed E-state index contributed by atoms with van der Waals surface area (Å²) in [6, 6.07) is 6.83. The van der Waals surface area contributed by atoms with Crippen LogP contribution in [0.15, 0.2) is 24.3 Å². The SMILES string of the molecule is CCOC(=O)N[C@@H]1CCCN(C(=O)c2cccc(Cl)c2)C1. The Labute approximate surface area is 129 Å². The molecule has 0 radical (unpaired) electrons. The highest BCUT2D eigenvalue weighted by Crippen LogP contribution is 2.16. The Bertz CT molecular complexity index is 521. The second-order valence-corrected chi connectivity index (χ2v) is 5.40. The first-order valence-electron chi connectivity index (χ1n) is 7.08. The fourth-order valence-electron chi connectivity index (χ4n) is 2.42. The number of piperidine rings is 1. The second-order valence-electron chi connectivity index (χ2n) is 4.97. The Kier molecular flexibility index (Phi) is 5.44. The number of nitrogens with one attached hydrogen (secondary N) is 1. The fraction of sp³-hybridized carbons (Fsp3) is 0.467. The summed E-state index contributed by atoms with van der Waals surface area (Å²) in [7, 11) is 0. The van der Waals surface area contributed by atoms with Crippen molar-refractivity contribution < 1.29 is 14.3 Å². The van der Waals surface area contributed by atoms with Crippen molar-refractivity contribution in [3.63, 3.8) is 0 Å². The molecule has 1 aromatic rings. The number of amides is 2. The van der Waals surface area contributed by atoms with E-state index in [1.54, 1.807) is 36.1 Å². The molecule has 21 heavy (non-hydrogen) atoms. The maximum atomic E-state index is 12.4. The van der Waals surface area contributed by atoms with Gasteiger partial charge in [0, 0.05) is 29.7 Å². The Hall–Kier alpha value is -1.75. The minimum Gasteiger partial charge on any atom is -0.450 e. The average Bonchev–Trinajstić information content (AvgIpc) is 2.47. The predicted molar refractivity (Wildman–Crippen MR) is 80.5 cm³/mol. The van der Waals surface area contributed by atoms with E-state index in [-0.39, 0.29) is 11.9 Å². The van der Waals surface area contributed by atoms with Crippen LogP contribution in [0.2, 0.25) is 5.02 Å². The molecule has 6 heteroatoms. The first kappa shape index (κ1) is 15.6. The molecule has 0 aliphatic carbocycles. The summed E-state index contributed by atoms with van der Waals surface area (Å²) in [5.41, 5.74) is 0.569. The van der Waals surface area contributed by atoms with Gasteiger partial charge in [0.2, 0.25) is 0 Å². The van der Waals surface area contributed by atoms with Gasteiger partial charge in [-0.15, -0.1) is 0 Å². The number of rotatable bonds is 3. The van der Waals surface area contributed by atoms with Crippen LogP contribution in [-0.4, -0.2) is 42.6 Å². The summed E-state index contributed by atoms with van der Waals surface area (Å²) in [6.07, 6.45) is 1.26. The van der Waals surface area contributed by atoms with Gasteiger partial charge in [0.25, 0.3) is 5.91 Å². The van der Waals surface area contributed by atoms with Gasteiger partial charge in [-0.3, -0.25) is 4.79 Å². The van der Waals surface area contributed by atoms with Crippen LogP contribution in [0, 0.1) is 0 Å². The molecule has 114 valence electrons. The van der Waals surface area contributed by atoms with Crippen LogP contribution in [0.5, 0.6) is 0 Å². The third kappa shape index (κ3) is 4.36. The smallest absolute Gasteiger partial charge is 0.407 e. The molecule has 1 heterocycles.